The Morgan fingerprint density at radius 2 is 1.94 bits per heavy atom. The molecule has 176 valence electrons. The molecule has 2 fully saturated rings. The summed E-state index contributed by atoms with van der Waals surface area (Å²) in [6.07, 6.45) is 6.15. The molecule has 1 amide bonds. The number of rotatable bonds is 7. The van der Waals surface area contributed by atoms with E-state index in [0.29, 0.717) is 5.13 Å². The molecule has 1 aliphatic carbocycles. The standard InChI is InChI=1S/C27H29N3O3S/c1-18-6-2-3-7-20(18)21(16-30-12-4-5-13-30)24-15-28-26(34-24)29-25(31)27(10-11-27)19-8-9-22-23(14-19)33-17-32-22/h2-3,6-9,14-15,21H,4-5,10-13,16-17H2,1H3,(H,28,29,31). The minimum absolute atomic E-state index is 0.0132. The predicted octanol–water partition coefficient (Wildman–Crippen LogP) is 5.08. The molecule has 34 heavy (non-hydrogen) atoms. The van der Waals surface area contributed by atoms with Gasteiger partial charge in [0.15, 0.2) is 16.6 Å². The highest BCUT2D eigenvalue weighted by atomic mass is 32.1. The first kappa shape index (κ1) is 21.6. The smallest absolute Gasteiger partial charge is 0.236 e. The zero-order valence-electron chi connectivity index (χ0n) is 19.4. The van der Waals surface area contributed by atoms with Gasteiger partial charge >= 0.3 is 0 Å². The Hall–Kier alpha value is -2.90. The second kappa shape index (κ2) is 8.71. The Kier molecular flexibility index (Phi) is 5.54. The molecule has 2 aliphatic heterocycles. The summed E-state index contributed by atoms with van der Waals surface area (Å²) in [7, 11) is 0. The van der Waals surface area contributed by atoms with Crippen LogP contribution in [0.25, 0.3) is 0 Å². The largest absolute Gasteiger partial charge is 0.454 e. The molecular weight excluding hydrogens is 446 g/mol. The van der Waals surface area contributed by atoms with Crippen LogP contribution in [-0.2, 0) is 10.2 Å². The fourth-order valence-electron chi connectivity index (χ4n) is 5.23. The van der Waals surface area contributed by atoms with Crippen molar-refractivity contribution in [2.24, 2.45) is 0 Å². The van der Waals surface area contributed by atoms with E-state index in [1.807, 2.05) is 24.4 Å². The van der Waals surface area contributed by atoms with E-state index < -0.39 is 5.41 Å². The van der Waals surface area contributed by atoms with Gasteiger partial charge in [-0.15, -0.1) is 11.3 Å². The minimum atomic E-state index is -0.502. The number of nitrogens with one attached hydrogen (secondary N) is 1. The number of ether oxygens (including phenoxy) is 2. The third kappa shape index (κ3) is 3.97. The van der Waals surface area contributed by atoms with Crippen molar-refractivity contribution in [3.63, 3.8) is 0 Å². The number of anilines is 1. The summed E-state index contributed by atoms with van der Waals surface area (Å²) in [6, 6.07) is 14.5. The van der Waals surface area contributed by atoms with Crippen molar-refractivity contribution in [1.29, 1.82) is 0 Å². The molecule has 0 radical (unpaired) electrons. The molecule has 7 heteroatoms. The molecule has 0 spiro atoms. The number of nitrogens with zero attached hydrogens (tertiary/aromatic N) is 2. The molecule has 3 aromatic rings. The summed E-state index contributed by atoms with van der Waals surface area (Å²) in [5.74, 6) is 1.73. The maximum absolute atomic E-state index is 13.4. The molecule has 3 aliphatic rings. The van der Waals surface area contributed by atoms with Gasteiger partial charge in [-0.3, -0.25) is 4.79 Å². The van der Waals surface area contributed by atoms with Crippen molar-refractivity contribution in [3.8, 4) is 11.5 Å². The molecule has 1 saturated carbocycles. The van der Waals surface area contributed by atoms with Gasteiger partial charge in [-0.2, -0.15) is 0 Å². The molecule has 0 bridgehead atoms. The second-order valence-electron chi connectivity index (χ2n) is 9.59. The van der Waals surface area contributed by atoms with Crippen LogP contribution in [0.15, 0.2) is 48.7 Å². The van der Waals surface area contributed by atoms with Crippen LogP contribution in [-0.4, -0.2) is 42.2 Å². The van der Waals surface area contributed by atoms with Crippen LogP contribution in [0.3, 0.4) is 0 Å². The van der Waals surface area contributed by atoms with E-state index in [2.05, 4.69) is 46.4 Å². The summed E-state index contributed by atoms with van der Waals surface area (Å²) < 4.78 is 11.0. The van der Waals surface area contributed by atoms with Crippen molar-refractivity contribution >= 4 is 22.4 Å². The van der Waals surface area contributed by atoms with Crippen molar-refractivity contribution in [3.05, 3.63) is 70.2 Å². The van der Waals surface area contributed by atoms with Gasteiger partial charge in [0.05, 0.1) is 5.41 Å². The van der Waals surface area contributed by atoms with Crippen LogP contribution >= 0.6 is 11.3 Å². The van der Waals surface area contributed by atoms with Gasteiger partial charge in [0.1, 0.15) is 0 Å². The highest BCUT2D eigenvalue weighted by Crippen LogP contribution is 2.51. The first-order valence-electron chi connectivity index (χ1n) is 12.1. The fraction of sp³-hybridized carbons (Fsp3) is 0.407. The number of amides is 1. The molecule has 2 aromatic carbocycles. The van der Waals surface area contributed by atoms with Gasteiger partial charge in [-0.05, 0) is 74.5 Å². The molecule has 1 saturated heterocycles. The minimum Gasteiger partial charge on any atom is -0.454 e. The number of aryl methyl sites for hydroxylation is 1. The summed E-state index contributed by atoms with van der Waals surface area (Å²) in [6.45, 7) is 5.71. The Bertz CT molecular complexity index is 1210. The quantitative estimate of drug-likeness (QED) is 0.516. The second-order valence-corrected chi connectivity index (χ2v) is 10.7. The van der Waals surface area contributed by atoms with Gasteiger partial charge in [0.2, 0.25) is 12.7 Å². The number of thiazole rings is 1. The number of benzene rings is 2. The summed E-state index contributed by atoms with van der Waals surface area (Å²) in [4.78, 5) is 21.7. The maximum Gasteiger partial charge on any atom is 0.236 e. The number of likely N-dealkylation sites (tertiary alicyclic amines) is 1. The zero-order valence-corrected chi connectivity index (χ0v) is 20.2. The lowest BCUT2D eigenvalue weighted by Crippen LogP contribution is -2.27. The molecule has 6 rings (SSSR count). The van der Waals surface area contributed by atoms with Gasteiger partial charge < -0.3 is 19.7 Å². The number of hydrogen-bond donors (Lipinski definition) is 1. The van der Waals surface area contributed by atoms with Crippen LogP contribution in [0.1, 0.15) is 53.2 Å². The monoisotopic (exact) mass is 475 g/mol. The zero-order chi connectivity index (χ0) is 23.1. The van der Waals surface area contributed by atoms with E-state index in [-0.39, 0.29) is 18.6 Å². The van der Waals surface area contributed by atoms with Gasteiger partial charge in [-0.25, -0.2) is 4.98 Å². The number of hydrogen-bond acceptors (Lipinski definition) is 6. The van der Waals surface area contributed by atoms with E-state index in [1.165, 1.54) is 28.8 Å². The Morgan fingerprint density at radius 3 is 2.74 bits per heavy atom. The van der Waals surface area contributed by atoms with Crippen molar-refractivity contribution < 1.29 is 14.3 Å². The summed E-state index contributed by atoms with van der Waals surface area (Å²) in [5.41, 5.74) is 3.12. The van der Waals surface area contributed by atoms with Crippen LogP contribution < -0.4 is 14.8 Å². The number of carbonyl (C=O) groups excluding carboxylic acids is 1. The molecule has 3 heterocycles. The number of fused-ring (bicyclic) bond motifs is 1. The lowest BCUT2D eigenvalue weighted by Gasteiger charge is -2.24. The maximum atomic E-state index is 13.4. The van der Waals surface area contributed by atoms with Crippen LogP contribution in [0.2, 0.25) is 0 Å². The van der Waals surface area contributed by atoms with Crippen molar-refractivity contribution in [1.82, 2.24) is 9.88 Å². The Labute approximate surface area is 203 Å². The van der Waals surface area contributed by atoms with E-state index in [1.54, 1.807) is 11.3 Å². The number of aromatic nitrogens is 1. The van der Waals surface area contributed by atoms with E-state index in [4.69, 9.17) is 9.47 Å². The lowest BCUT2D eigenvalue weighted by atomic mass is 9.93. The van der Waals surface area contributed by atoms with Gasteiger partial charge in [0.25, 0.3) is 0 Å². The van der Waals surface area contributed by atoms with Gasteiger partial charge in [-0.1, -0.05) is 30.3 Å². The van der Waals surface area contributed by atoms with E-state index >= 15 is 0 Å². The first-order chi connectivity index (χ1) is 16.6. The molecule has 1 aromatic heterocycles. The van der Waals surface area contributed by atoms with Crippen molar-refractivity contribution in [2.75, 3.05) is 31.7 Å². The predicted molar refractivity (Wildman–Crippen MR) is 133 cm³/mol. The topological polar surface area (TPSA) is 63.7 Å². The third-order valence-corrected chi connectivity index (χ3v) is 8.43. The average molecular weight is 476 g/mol. The van der Waals surface area contributed by atoms with Crippen LogP contribution in [0.5, 0.6) is 11.5 Å². The number of carbonyl (C=O) groups is 1. The van der Waals surface area contributed by atoms with E-state index in [0.717, 1.165) is 49.5 Å². The Morgan fingerprint density at radius 1 is 1.15 bits per heavy atom. The van der Waals surface area contributed by atoms with E-state index in [9.17, 15) is 4.79 Å². The molecule has 6 nitrogen and oxygen atoms in total. The molecular formula is C27H29N3O3S. The summed E-state index contributed by atoms with van der Waals surface area (Å²) in [5, 5.41) is 3.80. The SMILES string of the molecule is Cc1ccccc1C(CN1CCCC1)c1cnc(NC(=O)C2(c3ccc4c(c3)OCO4)CC2)s1. The van der Waals surface area contributed by atoms with Crippen molar-refractivity contribution in [2.45, 2.75) is 43.9 Å². The highest BCUT2D eigenvalue weighted by Gasteiger charge is 2.52. The van der Waals surface area contributed by atoms with Crippen LogP contribution in [0.4, 0.5) is 5.13 Å². The fourth-order valence-corrected chi connectivity index (χ4v) is 6.15. The average Bonchev–Trinajstić information content (AvgIpc) is 3.20. The summed E-state index contributed by atoms with van der Waals surface area (Å²) >= 11 is 1.60. The molecule has 1 unspecified atom stereocenters. The highest BCUT2D eigenvalue weighted by molar-refractivity contribution is 7.15. The van der Waals surface area contributed by atoms with Crippen LogP contribution in [0, 0.1) is 6.92 Å². The molecule has 1 N–H and O–H groups in total. The first-order valence-corrected chi connectivity index (χ1v) is 12.9. The molecule has 1 atom stereocenters. The third-order valence-electron chi connectivity index (χ3n) is 7.40. The lowest BCUT2D eigenvalue weighted by molar-refractivity contribution is -0.118. The Balaban J connectivity index is 1.22. The van der Waals surface area contributed by atoms with Gasteiger partial charge in [0, 0.05) is 23.5 Å². The normalized spacial score (nSPS) is 19.2.